The Morgan fingerprint density at radius 1 is 1.43 bits per heavy atom. The lowest BCUT2D eigenvalue weighted by Crippen LogP contribution is -1.81. The maximum Gasteiger partial charge on any atom is 0.150 e. The smallest absolute Gasteiger partial charge is 0.150 e. The average molecular weight is 269 g/mol. The van der Waals surface area contributed by atoms with Gasteiger partial charge in [0.2, 0.25) is 0 Å². The van der Waals surface area contributed by atoms with E-state index in [-0.39, 0.29) is 0 Å². The Balaban J connectivity index is 2.77. The second-order valence-corrected chi connectivity index (χ2v) is 4.96. The van der Waals surface area contributed by atoms with Crippen LogP contribution in [0.3, 0.4) is 0 Å². The Bertz CT molecular complexity index is 487. The summed E-state index contributed by atoms with van der Waals surface area (Å²) in [6, 6.07) is 6.14. The van der Waals surface area contributed by atoms with Crippen molar-refractivity contribution in [2.24, 2.45) is 0 Å². The van der Waals surface area contributed by atoms with Crippen molar-refractivity contribution in [2.45, 2.75) is 12.3 Å². The van der Waals surface area contributed by atoms with E-state index in [0.29, 0.717) is 0 Å². The Hall–Kier alpha value is -0.670. The number of benzene rings is 1. The maximum atomic E-state index is 10.9. The molecule has 1 nitrogen and oxygen atoms in total. The van der Waals surface area contributed by atoms with Gasteiger partial charge in [-0.05, 0) is 30.7 Å². The molecule has 0 atom stereocenters. The molecule has 0 fully saturated rings. The van der Waals surface area contributed by atoms with Crippen LogP contribution < -0.4 is 0 Å². The molecule has 1 aromatic carbocycles. The lowest BCUT2D eigenvalue weighted by Gasteiger charge is -1.96. The number of alkyl halides is 1. The van der Waals surface area contributed by atoms with Gasteiger partial charge in [0.25, 0.3) is 0 Å². The van der Waals surface area contributed by atoms with Crippen molar-refractivity contribution in [3.05, 3.63) is 34.2 Å². The zero-order valence-corrected chi connectivity index (χ0v) is 10.1. The Kier molecular flexibility index (Phi) is 2.70. The number of aryl methyl sites for hydroxylation is 1. The SMILES string of the molecule is Cc1cc(C=O)c2cc(CBr)sc2c1. The van der Waals surface area contributed by atoms with Gasteiger partial charge in [0.05, 0.1) is 0 Å². The minimum absolute atomic E-state index is 0.795. The van der Waals surface area contributed by atoms with Crippen molar-refractivity contribution < 1.29 is 4.79 Å². The van der Waals surface area contributed by atoms with E-state index in [1.54, 1.807) is 11.3 Å². The summed E-state index contributed by atoms with van der Waals surface area (Å²) in [5.41, 5.74) is 1.94. The van der Waals surface area contributed by atoms with Gasteiger partial charge in [-0.1, -0.05) is 15.9 Å². The van der Waals surface area contributed by atoms with E-state index in [1.165, 1.54) is 9.58 Å². The van der Waals surface area contributed by atoms with Crippen LogP contribution in [0.25, 0.3) is 10.1 Å². The first-order valence-corrected chi connectivity index (χ1v) is 6.22. The van der Waals surface area contributed by atoms with Crippen molar-refractivity contribution in [3.63, 3.8) is 0 Å². The zero-order chi connectivity index (χ0) is 10.1. The summed E-state index contributed by atoms with van der Waals surface area (Å²) in [4.78, 5) is 12.1. The fraction of sp³-hybridized carbons (Fsp3) is 0.182. The molecule has 0 aliphatic carbocycles. The number of hydrogen-bond donors (Lipinski definition) is 0. The normalized spacial score (nSPS) is 10.7. The summed E-state index contributed by atoms with van der Waals surface area (Å²) in [7, 11) is 0. The molecule has 0 amide bonds. The number of thiophene rings is 1. The quantitative estimate of drug-likeness (QED) is 0.596. The van der Waals surface area contributed by atoms with E-state index in [4.69, 9.17) is 0 Å². The van der Waals surface area contributed by atoms with Crippen LogP contribution >= 0.6 is 27.3 Å². The number of rotatable bonds is 2. The van der Waals surface area contributed by atoms with Gasteiger partial charge in [-0.15, -0.1) is 11.3 Å². The van der Waals surface area contributed by atoms with E-state index in [1.807, 2.05) is 13.0 Å². The second-order valence-electron chi connectivity index (χ2n) is 3.23. The van der Waals surface area contributed by atoms with Gasteiger partial charge in [-0.2, -0.15) is 0 Å². The van der Waals surface area contributed by atoms with Crippen LogP contribution in [0.2, 0.25) is 0 Å². The van der Waals surface area contributed by atoms with E-state index in [2.05, 4.69) is 28.1 Å². The molecule has 0 N–H and O–H groups in total. The summed E-state index contributed by atoms with van der Waals surface area (Å²) >= 11 is 5.16. The van der Waals surface area contributed by atoms with Gasteiger partial charge in [-0.25, -0.2) is 0 Å². The van der Waals surface area contributed by atoms with E-state index < -0.39 is 0 Å². The van der Waals surface area contributed by atoms with Gasteiger partial charge in [0.15, 0.2) is 6.29 Å². The third-order valence-corrected chi connectivity index (χ3v) is 4.18. The number of hydrogen-bond acceptors (Lipinski definition) is 2. The first-order chi connectivity index (χ1) is 6.74. The van der Waals surface area contributed by atoms with Gasteiger partial charge >= 0.3 is 0 Å². The van der Waals surface area contributed by atoms with Crippen molar-refractivity contribution in [3.8, 4) is 0 Å². The molecule has 2 aromatic rings. The number of halogens is 1. The zero-order valence-electron chi connectivity index (χ0n) is 7.71. The summed E-state index contributed by atoms with van der Waals surface area (Å²) in [5.74, 6) is 0. The van der Waals surface area contributed by atoms with Gasteiger partial charge in [0, 0.05) is 25.9 Å². The first-order valence-electron chi connectivity index (χ1n) is 4.29. The van der Waals surface area contributed by atoms with Crippen molar-refractivity contribution in [1.82, 2.24) is 0 Å². The van der Waals surface area contributed by atoms with Gasteiger partial charge < -0.3 is 0 Å². The monoisotopic (exact) mass is 268 g/mol. The molecule has 0 aliphatic rings. The highest BCUT2D eigenvalue weighted by Gasteiger charge is 2.05. The highest BCUT2D eigenvalue weighted by atomic mass is 79.9. The number of aldehydes is 1. The van der Waals surface area contributed by atoms with Crippen LogP contribution in [0.4, 0.5) is 0 Å². The third kappa shape index (κ3) is 1.62. The molecule has 1 aromatic heterocycles. The standard InChI is InChI=1S/C11H9BrOS/c1-7-2-8(6-13)10-4-9(5-12)14-11(10)3-7/h2-4,6H,5H2,1H3. The third-order valence-electron chi connectivity index (χ3n) is 2.12. The molecule has 14 heavy (non-hydrogen) atoms. The molecule has 0 radical (unpaired) electrons. The predicted molar refractivity (Wildman–Crippen MR) is 64.6 cm³/mol. The Morgan fingerprint density at radius 3 is 2.86 bits per heavy atom. The lowest BCUT2D eigenvalue weighted by atomic mass is 10.1. The van der Waals surface area contributed by atoms with Crippen LogP contribution in [-0.2, 0) is 5.33 Å². The van der Waals surface area contributed by atoms with Crippen LogP contribution in [0.1, 0.15) is 20.8 Å². The predicted octanol–water partition coefficient (Wildman–Crippen LogP) is 3.92. The van der Waals surface area contributed by atoms with Crippen LogP contribution in [0, 0.1) is 6.92 Å². The molecule has 0 aliphatic heterocycles. The Labute approximate surface area is 94.9 Å². The first kappa shape index (κ1) is 9.87. The van der Waals surface area contributed by atoms with Gasteiger partial charge in [-0.3, -0.25) is 4.79 Å². The Morgan fingerprint density at radius 2 is 2.21 bits per heavy atom. The summed E-state index contributed by atoms with van der Waals surface area (Å²) in [6.45, 7) is 2.01. The van der Waals surface area contributed by atoms with E-state index in [0.717, 1.165) is 28.1 Å². The molecule has 0 bridgehead atoms. The highest BCUT2D eigenvalue weighted by molar-refractivity contribution is 9.08. The molecule has 2 rings (SSSR count). The molecule has 3 heteroatoms. The lowest BCUT2D eigenvalue weighted by molar-refractivity contribution is 0.112. The molecule has 0 saturated carbocycles. The van der Waals surface area contributed by atoms with E-state index in [9.17, 15) is 4.79 Å². The van der Waals surface area contributed by atoms with Crippen LogP contribution in [0.15, 0.2) is 18.2 Å². The minimum atomic E-state index is 0.795. The summed E-state index contributed by atoms with van der Waals surface area (Å²) in [5, 5.41) is 1.93. The minimum Gasteiger partial charge on any atom is -0.298 e. The molecule has 72 valence electrons. The second kappa shape index (κ2) is 3.83. The van der Waals surface area contributed by atoms with Crippen molar-refractivity contribution >= 4 is 43.6 Å². The van der Waals surface area contributed by atoms with Crippen LogP contribution in [-0.4, -0.2) is 6.29 Å². The molecule has 0 unspecified atom stereocenters. The molecular weight excluding hydrogens is 260 g/mol. The highest BCUT2D eigenvalue weighted by Crippen LogP contribution is 2.30. The molecule has 1 heterocycles. The average Bonchev–Trinajstić information content (AvgIpc) is 2.59. The fourth-order valence-corrected chi connectivity index (χ4v) is 3.08. The maximum absolute atomic E-state index is 10.9. The van der Waals surface area contributed by atoms with Crippen molar-refractivity contribution in [2.75, 3.05) is 0 Å². The largest absolute Gasteiger partial charge is 0.298 e. The summed E-state index contributed by atoms with van der Waals surface area (Å²) in [6.07, 6.45) is 0.931. The number of carbonyl (C=O) groups is 1. The van der Waals surface area contributed by atoms with Gasteiger partial charge in [0.1, 0.15) is 0 Å². The number of carbonyl (C=O) groups excluding carboxylic acids is 1. The molecular formula is C11H9BrOS. The van der Waals surface area contributed by atoms with Crippen molar-refractivity contribution in [1.29, 1.82) is 0 Å². The number of fused-ring (bicyclic) bond motifs is 1. The molecule has 0 spiro atoms. The van der Waals surface area contributed by atoms with Crippen LogP contribution in [0.5, 0.6) is 0 Å². The molecule has 0 saturated heterocycles. The summed E-state index contributed by atoms with van der Waals surface area (Å²) < 4.78 is 1.20. The van der Waals surface area contributed by atoms with E-state index >= 15 is 0 Å². The fourth-order valence-electron chi connectivity index (χ4n) is 1.53. The topological polar surface area (TPSA) is 17.1 Å².